The lowest BCUT2D eigenvalue weighted by molar-refractivity contribution is 0.654. The minimum absolute atomic E-state index is 0.662. The van der Waals surface area contributed by atoms with Crippen molar-refractivity contribution in [1.29, 1.82) is 0 Å². The van der Waals surface area contributed by atoms with E-state index in [0.717, 1.165) is 44.5 Å². The molecular formula is C47H28N4O. The van der Waals surface area contributed by atoms with E-state index < -0.39 is 0 Å². The van der Waals surface area contributed by atoms with Crippen molar-refractivity contribution >= 4 is 87.5 Å². The van der Waals surface area contributed by atoms with Crippen molar-refractivity contribution in [2.45, 2.75) is 0 Å². The molecule has 0 fully saturated rings. The number of nitrogens with zero attached hydrogens (tertiary/aromatic N) is 4. The molecule has 5 nitrogen and oxygen atoms in total. The summed E-state index contributed by atoms with van der Waals surface area (Å²) in [5.74, 6) is 0. The molecule has 5 heterocycles. The molecule has 0 saturated carbocycles. The molecule has 242 valence electrons. The fourth-order valence-electron chi connectivity index (χ4n) is 8.69. The van der Waals surface area contributed by atoms with Crippen molar-refractivity contribution < 1.29 is 4.42 Å². The summed E-state index contributed by atoms with van der Waals surface area (Å²) in [5, 5.41) is 9.51. The Morgan fingerprint density at radius 1 is 0.327 bits per heavy atom. The SMILES string of the molecule is c1cnc2oc3ccc(-n4c5ccccc5c5cc(-n6c7ccccc7c7cc(-n8c9ccccc9c9ccccc98)ccc76)ccc54)cc3c2c1. The lowest BCUT2D eigenvalue weighted by Crippen LogP contribution is -1.96. The minimum atomic E-state index is 0.662. The quantitative estimate of drug-likeness (QED) is 0.189. The fourth-order valence-corrected chi connectivity index (χ4v) is 8.69. The Morgan fingerprint density at radius 3 is 1.21 bits per heavy atom. The molecule has 0 N–H and O–H groups in total. The summed E-state index contributed by atoms with van der Waals surface area (Å²) in [5.41, 5.74) is 12.0. The maximum absolute atomic E-state index is 6.07. The van der Waals surface area contributed by atoms with Crippen LogP contribution in [0, 0.1) is 0 Å². The van der Waals surface area contributed by atoms with Gasteiger partial charge in [-0.2, -0.15) is 0 Å². The van der Waals surface area contributed by atoms with Crippen LogP contribution in [0.3, 0.4) is 0 Å². The van der Waals surface area contributed by atoms with E-state index in [1.165, 1.54) is 54.4 Å². The Kier molecular flexibility index (Phi) is 5.44. The van der Waals surface area contributed by atoms with E-state index >= 15 is 0 Å². The molecular weight excluding hydrogens is 637 g/mol. The van der Waals surface area contributed by atoms with Crippen LogP contribution in [0.15, 0.2) is 174 Å². The average molecular weight is 665 g/mol. The zero-order chi connectivity index (χ0) is 33.9. The highest BCUT2D eigenvalue weighted by molar-refractivity contribution is 6.14. The molecule has 52 heavy (non-hydrogen) atoms. The van der Waals surface area contributed by atoms with E-state index in [4.69, 9.17) is 4.42 Å². The van der Waals surface area contributed by atoms with Crippen molar-refractivity contribution in [1.82, 2.24) is 18.7 Å². The Bertz CT molecular complexity index is 3370. The third kappa shape index (κ3) is 3.69. The molecule has 0 aliphatic rings. The van der Waals surface area contributed by atoms with Crippen LogP contribution in [0.2, 0.25) is 0 Å². The molecule has 0 unspecified atom stereocenters. The van der Waals surface area contributed by atoms with E-state index in [-0.39, 0.29) is 0 Å². The minimum Gasteiger partial charge on any atom is -0.438 e. The van der Waals surface area contributed by atoms with E-state index in [9.17, 15) is 0 Å². The molecule has 5 heteroatoms. The summed E-state index contributed by atoms with van der Waals surface area (Å²) in [6, 6.07) is 59.2. The predicted molar refractivity (Wildman–Crippen MR) is 215 cm³/mol. The molecule has 12 rings (SSSR count). The third-order valence-electron chi connectivity index (χ3n) is 10.9. The van der Waals surface area contributed by atoms with Gasteiger partial charge in [-0.25, -0.2) is 4.98 Å². The van der Waals surface area contributed by atoms with E-state index in [2.05, 4.69) is 176 Å². The summed E-state index contributed by atoms with van der Waals surface area (Å²) in [7, 11) is 0. The molecule has 0 radical (unpaired) electrons. The standard InChI is InChI=1S/C47H28N4O/c1-5-15-40-32(10-1)33-11-2-6-16-41(33)49(40)29-19-22-44-37(26-29)34-12-3-7-17-42(34)50(44)30-20-23-45-38(27-30)35-13-4-8-18-43(35)51(45)31-21-24-46-39(28-31)36-14-9-25-48-47(36)52-46/h1-28H. The van der Waals surface area contributed by atoms with Gasteiger partial charge in [-0.3, -0.25) is 0 Å². The molecule has 0 aliphatic carbocycles. The number of hydrogen-bond acceptors (Lipinski definition) is 2. The van der Waals surface area contributed by atoms with Crippen molar-refractivity contribution in [2.75, 3.05) is 0 Å². The molecule has 0 amide bonds. The van der Waals surface area contributed by atoms with Gasteiger partial charge in [0, 0.05) is 66.3 Å². The first-order chi connectivity index (χ1) is 25.8. The van der Waals surface area contributed by atoms with Crippen LogP contribution < -0.4 is 0 Å². The van der Waals surface area contributed by atoms with Gasteiger partial charge in [0.1, 0.15) is 5.58 Å². The van der Waals surface area contributed by atoms with Crippen molar-refractivity contribution in [2.24, 2.45) is 0 Å². The maximum atomic E-state index is 6.07. The Hall–Kier alpha value is -7.11. The van der Waals surface area contributed by atoms with Gasteiger partial charge in [-0.1, -0.05) is 72.8 Å². The van der Waals surface area contributed by atoms with Crippen LogP contribution in [0.5, 0.6) is 0 Å². The molecule has 0 bridgehead atoms. The van der Waals surface area contributed by atoms with Gasteiger partial charge in [-0.15, -0.1) is 0 Å². The second-order valence-electron chi connectivity index (χ2n) is 13.6. The normalized spacial score (nSPS) is 12.2. The predicted octanol–water partition coefficient (Wildman–Crippen LogP) is 12.3. The smallest absolute Gasteiger partial charge is 0.227 e. The number of pyridine rings is 1. The van der Waals surface area contributed by atoms with Gasteiger partial charge in [0.25, 0.3) is 0 Å². The molecule has 0 aliphatic heterocycles. The Labute approximate surface area is 296 Å². The zero-order valence-corrected chi connectivity index (χ0v) is 27.9. The van der Waals surface area contributed by atoms with E-state index in [1.54, 1.807) is 6.20 Å². The van der Waals surface area contributed by atoms with Crippen LogP contribution in [0.1, 0.15) is 0 Å². The second kappa shape index (κ2) is 10.2. The molecule has 5 aromatic heterocycles. The molecule has 7 aromatic carbocycles. The van der Waals surface area contributed by atoms with Gasteiger partial charge in [-0.05, 0) is 91.0 Å². The number of para-hydroxylation sites is 4. The third-order valence-corrected chi connectivity index (χ3v) is 10.9. The Balaban J connectivity index is 1.08. The van der Waals surface area contributed by atoms with Gasteiger partial charge >= 0.3 is 0 Å². The largest absolute Gasteiger partial charge is 0.438 e. The summed E-state index contributed by atoms with van der Waals surface area (Å²) in [6.07, 6.45) is 1.78. The highest BCUT2D eigenvalue weighted by atomic mass is 16.3. The highest BCUT2D eigenvalue weighted by Gasteiger charge is 2.19. The first-order valence-electron chi connectivity index (χ1n) is 17.6. The fraction of sp³-hybridized carbons (Fsp3) is 0. The second-order valence-corrected chi connectivity index (χ2v) is 13.6. The number of rotatable bonds is 3. The van der Waals surface area contributed by atoms with Crippen LogP contribution in [-0.2, 0) is 0 Å². The number of fused-ring (bicyclic) bond motifs is 12. The molecule has 12 aromatic rings. The van der Waals surface area contributed by atoms with Crippen molar-refractivity contribution in [3.05, 3.63) is 170 Å². The van der Waals surface area contributed by atoms with Gasteiger partial charge in [0.05, 0.1) is 33.1 Å². The topological polar surface area (TPSA) is 40.8 Å². The molecule has 0 atom stereocenters. The molecule has 0 spiro atoms. The first kappa shape index (κ1) is 27.7. The summed E-state index contributed by atoms with van der Waals surface area (Å²) in [6.45, 7) is 0. The van der Waals surface area contributed by atoms with Gasteiger partial charge in [0.2, 0.25) is 5.71 Å². The number of hydrogen-bond donors (Lipinski definition) is 0. The van der Waals surface area contributed by atoms with Crippen molar-refractivity contribution in [3.8, 4) is 17.1 Å². The van der Waals surface area contributed by atoms with E-state index in [1.807, 2.05) is 6.07 Å². The number of benzene rings is 7. The number of furan rings is 1. The highest BCUT2D eigenvalue weighted by Crippen LogP contribution is 2.40. The van der Waals surface area contributed by atoms with E-state index in [0.29, 0.717) is 5.71 Å². The van der Waals surface area contributed by atoms with Crippen LogP contribution in [-0.4, -0.2) is 18.7 Å². The summed E-state index contributed by atoms with van der Waals surface area (Å²) >= 11 is 0. The average Bonchev–Trinajstić information content (AvgIpc) is 3.93. The lowest BCUT2D eigenvalue weighted by Gasteiger charge is -2.11. The van der Waals surface area contributed by atoms with Crippen LogP contribution in [0.25, 0.3) is 105 Å². The monoisotopic (exact) mass is 664 g/mol. The maximum Gasteiger partial charge on any atom is 0.227 e. The summed E-state index contributed by atoms with van der Waals surface area (Å²) < 4.78 is 13.3. The molecule has 0 saturated heterocycles. The zero-order valence-electron chi connectivity index (χ0n) is 27.9. The summed E-state index contributed by atoms with van der Waals surface area (Å²) in [4.78, 5) is 4.45. The van der Waals surface area contributed by atoms with Crippen LogP contribution >= 0.6 is 0 Å². The van der Waals surface area contributed by atoms with Crippen LogP contribution in [0.4, 0.5) is 0 Å². The number of aromatic nitrogens is 4. The van der Waals surface area contributed by atoms with Gasteiger partial charge < -0.3 is 18.1 Å². The van der Waals surface area contributed by atoms with Gasteiger partial charge in [0.15, 0.2) is 0 Å². The Morgan fingerprint density at radius 2 is 0.712 bits per heavy atom. The first-order valence-corrected chi connectivity index (χ1v) is 17.6. The lowest BCUT2D eigenvalue weighted by atomic mass is 10.1. The van der Waals surface area contributed by atoms with Crippen molar-refractivity contribution in [3.63, 3.8) is 0 Å².